The summed E-state index contributed by atoms with van der Waals surface area (Å²) in [6, 6.07) is 12.9. The van der Waals surface area contributed by atoms with Gasteiger partial charge in [0.15, 0.2) is 0 Å². The highest BCUT2D eigenvalue weighted by atomic mass is 35.5. The van der Waals surface area contributed by atoms with Crippen molar-refractivity contribution in [1.29, 1.82) is 5.41 Å². The number of fused-ring (bicyclic) bond motifs is 1. The summed E-state index contributed by atoms with van der Waals surface area (Å²) in [5, 5.41) is 23.1. The first-order valence-electron chi connectivity index (χ1n) is 11.6. The number of carboxylic acids is 1. The van der Waals surface area contributed by atoms with E-state index in [9.17, 15) is 14.7 Å². The minimum Gasteiger partial charge on any atom is -0.480 e. The molecule has 0 bridgehead atoms. The number of nitrogens with one attached hydrogen (secondary N) is 3. The Hall–Kier alpha value is -3.34. The lowest BCUT2D eigenvalue weighted by molar-refractivity contribution is -0.139. The number of nitrogens with two attached hydrogens (primary N) is 1. The number of amides is 1. The largest absolute Gasteiger partial charge is 0.480 e. The van der Waals surface area contributed by atoms with Crippen molar-refractivity contribution in [3.05, 3.63) is 59.4 Å². The number of carboxylic acid groups (broad SMARTS) is 1. The summed E-state index contributed by atoms with van der Waals surface area (Å²) >= 11 is 0. The number of imidazole rings is 1. The maximum atomic E-state index is 13.4. The fourth-order valence-electron chi connectivity index (χ4n) is 4.46. The molecule has 3 aromatic rings. The van der Waals surface area contributed by atoms with E-state index in [0.717, 1.165) is 35.4 Å². The third kappa shape index (κ3) is 6.33. The predicted molar refractivity (Wildman–Crippen MR) is 149 cm³/mol. The molecule has 0 radical (unpaired) electrons. The van der Waals surface area contributed by atoms with E-state index < -0.39 is 11.5 Å². The van der Waals surface area contributed by atoms with Gasteiger partial charge in [-0.3, -0.25) is 20.3 Å². The van der Waals surface area contributed by atoms with Crippen LogP contribution in [0.4, 0.5) is 5.69 Å². The Balaban J connectivity index is 0.00000241. The highest BCUT2D eigenvalue weighted by Gasteiger charge is 2.39. The number of hydrogen-bond acceptors (Lipinski definition) is 6. The number of nitrogen functional groups attached to an aromatic ring is 1. The second kappa shape index (κ2) is 12.3. The van der Waals surface area contributed by atoms with Crippen LogP contribution in [0.3, 0.4) is 0 Å². The summed E-state index contributed by atoms with van der Waals surface area (Å²) in [7, 11) is 1.93. The number of carbonyl (C=O) groups excluding carboxylic acids is 1. The van der Waals surface area contributed by atoms with Gasteiger partial charge in [0, 0.05) is 31.4 Å². The number of rotatable bonds is 9. The van der Waals surface area contributed by atoms with E-state index in [0.29, 0.717) is 30.8 Å². The number of aromatic nitrogens is 2. The molecule has 0 saturated carbocycles. The van der Waals surface area contributed by atoms with Crippen molar-refractivity contribution in [2.24, 2.45) is 12.8 Å². The number of aryl methyl sites for hydroxylation is 1. The monoisotopic (exact) mass is 549 g/mol. The summed E-state index contributed by atoms with van der Waals surface area (Å²) in [5.41, 5.74) is 8.20. The highest BCUT2D eigenvalue weighted by Crippen LogP contribution is 2.29. The third-order valence-electron chi connectivity index (χ3n) is 6.61. The van der Waals surface area contributed by atoms with E-state index >= 15 is 0 Å². The zero-order valence-corrected chi connectivity index (χ0v) is 22.4. The van der Waals surface area contributed by atoms with E-state index in [4.69, 9.17) is 16.1 Å². The number of halogens is 2. The van der Waals surface area contributed by atoms with Gasteiger partial charge in [0.25, 0.3) is 0 Å². The Morgan fingerprint density at radius 2 is 1.78 bits per heavy atom. The SMILES string of the molecule is Cl.Cl.Cn1c(CNc2ccc(C(=N)N)cc2)nc2cc(C(C)(NCC(=O)O)C(=O)N3CCCC3)ccc21. The number of hydrogen-bond donors (Lipinski definition) is 5. The summed E-state index contributed by atoms with van der Waals surface area (Å²) < 4.78 is 1.99. The lowest BCUT2D eigenvalue weighted by Crippen LogP contribution is -2.54. The Labute approximate surface area is 227 Å². The number of nitrogens with zero attached hydrogens (tertiary/aromatic N) is 3. The Morgan fingerprint density at radius 3 is 2.38 bits per heavy atom. The molecule has 200 valence electrons. The number of amidine groups is 1. The van der Waals surface area contributed by atoms with E-state index in [1.165, 1.54) is 0 Å². The second-order valence-electron chi connectivity index (χ2n) is 9.01. The van der Waals surface area contributed by atoms with Crippen molar-refractivity contribution in [1.82, 2.24) is 19.8 Å². The van der Waals surface area contributed by atoms with Gasteiger partial charge in [-0.25, -0.2) is 4.98 Å². The van der Waals surface area contributed by atoms with E-state index in [2.05, 4.69) is 10.6 Å². The molecule has 1 aliphatic heterocycles. The van der Waals surface area contributed by atoms with Gasteiger partial charge in [-0.1, -0.05) is 6.07 Å². The number of anilines is 1. The Morgan fingerprint density at radius 1 is 1.14 bits per heavy atom. The lowest BCUT2D eigenvalue weighted by atomic mass is 9.89. The summed E-state index contributed by atoms with van der Waals surface area (Å²) in [6.07, 6.45) is 1.90. The molecular weight excluding hydrogens is 517 g/mol. The predicted octanol–water partition coefficient (Wildman–Crippen LogP) is 2.82. The summed E-state index contributed by atoms with van der Waals surface area (Å²) in [6.45, 7) is 3.25. The zero-order valence-electron chi connectivity index (χ0n) is 20.8. The quantitative estimate of drug-likeness (QED) is 0.203. The Kier molecular flexibility index (Phi) is 9.91. The number of benzene rings is 2. The molecule has 12 heteroatoms. The van der Waals surface area contributed by atoms with Crippen LogP contribution in [0.1, 0.15) is 36.7 Å². The van der Waals surface area contributed by atoms with Crippen molar-refractivity contribution >= 4 is 59.2 Å². The lowest BCUT2D eigenvalue weighted by Gasteiger charge is -2.33. The van der Waals surface area contributed by atoms with Crippen LogP contribution in [-0.2, 0) is 28.7 Å². The minimum atomic E-state index is -1.18. The standard InChI is InChI=1S/C25H31N7O3.2ClH/c1-25(29-15-22(33)34,24(35)32-11-3-4-12-32)17-7-10-20-19(13-17)30-21(31(20)2)14-28-18-8-5-16(6-9-18)23(26)27;;/h5-10,13,28-29H,3-4,11-12,14-15H2,1-2H3,(H3,26,27)(H,33,34);2*1H. The van der Waals surface area contributed by atoms with Gasteiger partial charge in [0.2, 0.25) is 5.91 Å². The van der Waals surface area contributed by atoms with E-state index in [-0.39, 0.29) is 43.1 Å². The third-order valence-corrected chi connectivity index (χ3v) is 6.61. The first-order chi connectivity index (χ1) is 16.7. The zero-order chi connectivity index (χ0) is 25.2. The fourth-order valence-corrected chi connectivity index (χ4v) is 4.46. The molecule has 1 aromatic heterocycles. The van der Waals surface area contributed by atoms with Gasteiger partial charge in [-0.05, 0) is 61.7 Å². The highest BCUT2D eigenvalue weighted by molar-refractivity contribution is 5.95. The van der Waals surface area contributed by atoms with Crippen molar-refractivity contribution < 1.29 is 14.7 Å². The van der Waals surface area contributed by atoms with Gasteiger partial charge in [0.1, 0.15) is 17.2 Å². The first-order valence-corrected chi connectivity index (χ1v) is 11.6. The molecule has 1 atom stereocenters. The van der Waals surface area contributed by atoms with Gasteiger partial charge in [0.05, 0.1) is 24.1 Å². The van der Waals surface area contributed by atoms with Crippen LogP contribution in [-0.4, -0.2) is 56.9 Å². The number of carbonyl (C=O) groups is 2. The molecule has 1 aliphatic rings. The number of aliphatic carboxylic acids is 1. The van der Waals surface area contributed by atoms with Crippen LogP contribution in [0.25, 0.3) is 11.0 Å². The fraction of sp³-hybridized carbons (Fsp3) is 0.360. The van der Waals surface area contributed by atoms with Gasteiger partial charge in [-0.2, -0.15) is 0 Å². The number of likely N-dealkylation sites (tertiary alicyclic amines) is 1. The van der Waals surface area contributed by atoms with E-state index in [1.807, 2.05) is 41.9 Å². The molecule has 0 spiro atoms. The second-order valence-corrected chi connectivity index (χ2v) is 9.01. The van der Waals surface area contributed by atoms with Crippen LogP contribution in [0, 0.1) is 5.41 Å². The van der Waals surface area contributed by atoms with Crippen LogP contribution in [0.5, 0.6) is 0 Å². The molecule has 2 aromatic carbocycles. The first kappa shape index (κ1) is 29.9. The molecule has 1 saturated heterocycles. The molecule has 1 amide bonds. The van der Waals surface area contributed by atoms with Crippen molar-refractivity contribution in [3.63, 3.8) is 0 Å². The molecular formula is C25H33Cl2N7O3. The van der Waals surface area contributed by atoms with Crippen LogP contribution >= 0.6 is 24.8 Å². The Bertz CT molecular complexity index is 1270. The summed E-state index contributed by atoms with van der Waals surface area (Å²) in [4.78, 5) is 31.3. The molecule has 2 heterocycles. The normalized spacial score (nSPS) is 14.4. The van der Waals surface area contributed by atoms with Crippen LogP contribution in [0.2, 0.25) is 0 Å². The maximum absolute atomic E-state index is 13.4. The van der Waals surface area contributed by atoms with Crippen molar-refractivity contribution in [2.75, 3.05) is 25.0 Å². The molecule has 1 fully saturated rings. The average molecular weight is 550 g/mol. The minimum absolute atomic E-state index is 0. The molecule has 4 rings (SSSR count). The molecule has 37 heavy (non-hydrogen) atoms. The average Bonchev–Trinajstić information content (AvgIpc) is 3.49. The van der Waals surface area contributed by atoms with Crippen LogP contribution < -0.4 is 16.4 Å². The summed E-state index contributed by atoms with van der Waals surface area (Å²) in [5.74, 6) is -0.314. The van der Waals surface area contributed by atoms with Crippen LogP contribution in [0.15, 0.2) is 42.5 Å². The molecule has 1 unspecified atom stereocenters. The van der Waals surface area contributed by atoms with Gasteiger partial charge in [-0.15, -0.1) is 24.8 Å². The van der Waals surface area contributed by atoms with Crippen molar-refractivity contribution in [2.45, 2.75) is 31.8 Å². The molecule has 10 nitrogen and oxygen atoms in total. The smallest absolute Gasteiger partial charge is 0.317 e. The van der Waals surface area contributed by atoms with Gasteiger partial charge < -0.3 is 25.6 Å². The van der Waals surface area contributed by atoms with Gasteiger partial charge >= 0.3 is 5.97 Å². The molecule has 0 aliphatic carbocycles. The maximum Gasteiger partial charge on any atom is 0.317 e. The van der Waals surface area contributed by atoms with E-state index in [1.54, 1.807) is 24.0 Å². The van der Waals surface area contributed by atoms with Crippen molar-refractivity contribution in [3.8, 4) is 0 Å². The topological polar surface area (TPSA) is 149 Å². The molecule has 6 N–H and O–H groups in total.